The first-order chi connectivity index (χ1) is 9.81. The lowest BCUT2D eigenvalue weighted by molar-refractivity contribution is 0.615. The van der Waals surface area contributed by atoms with E-state index in [9.17, 15) is 0 Å². The number of hydrogen-bond donors (Lipinski definition) is 2. The van der Waals surface area contributed by atoms with Crippen LogP contribution >= 0.6 is 23.1 Å². The second-order valence-electron chi connectivity index (χ2n) is 5.10. The highest BCUT2D eigenvalue weighted by molar-refractivity contribution is 7.99. The van der Waals surface area contributed by atoms with Crippen LogP contribution in [0.1, 0.15) is 31.1 Å². The molecule has 1 aromatic rings. The number of hydrogen-bond acceptors (Lipinski definition) is 3. The van der Waals surface area contributed by atoms with Gasteiger partial charge in [-0.15, -0.1) is 11.3 Å². The smallest absolute Gasteiger partial charge is 0.191 e. The molecule has 1 aliphatic rings. The maximum Gasteiger partial charge on any atom is 0.191 e. The number of nitrogens with zero attached hydrogens (tertiary/aromatic N) is 1. The molecule has 1 saturated carbocycles. The average Bonchev–Trinajstić information content (AvgIpc) is 3.10. The van der Waals surface area contributed by atoms with E-state index < -0.39 is 0 Å². The van der Waals surface area contributed by atoms with E-state index in [1.807, 2.05) is 23.1 Å². The van der Waals surface area contributed by atoms with Gasteiger partial charge in [0, 0.05) is 35.7 Å². The van der Waals surface area contributed by atoms with E-state index in [1.54, 1.807) is 0 Å². The molecular weight excluding hydrogens is 286 g/mol. The van der Waals surface area contributed by atoms with Gasteiger partial charge in [-0.3, -0.25) is 4.99 Å². The molecule has 112 valence electrons. The monoisotopic (exact) mass is 311 g/mol. The summed E-state index contributed by atoms with van der Waals surface area (Å²) in [6.45, 7) is 3.90. The van der Waals surface area contributed by atoms with Gasteiger partial charge < -0.3 is 10.6 Å². The summed E-state index contributed by atoms with van der Waals surface area (Å²) < 4.78 is 0. The van der Waals surface area contributed by atoms with Crippen LogP contribution in [0, 0.1) is 0 Å². The normalized spacial score (nSPS) is 23.0. The third-order valence-electron chi connectivity index (χ3n) is 3.61. The molecule has 1 fully saturated rings. The van der Waals surface area contributed by atoms with Crippen LogP contribution in [0.25, 0.3) is 0 Å². The standard InChI is InChI=1S/C15H25N3S2/c1-3-16-15(17-9-8-13-5-4-10-20-13)18-12-6-7-14(11-12)19-2/h4-5,10,12,14H,3,6-9,11H2,1-2H3,(H2,16,17,18). The van der Waals surface area contributed by atoms with E-state index >= 15 is 0 Å². The maximum absolute atomic E-state index is 4.70. The molecule has 0 spiro atoms. The highest BCUT2D eigenvalue weighted by atomic mass is 32.2. The molecule has 0 bridgehead atoms. The van der Waals surface area contributed by atoms with Crippen LogP contribution in [-0.4, -0.2) is 36.6 Å². The number of nitrogens with one attached hydrogen (secondary N) is 2. The molecule has 0 aliphatic heterocycles. The van der Waals surface area contributed by atoms with Gasteiger partial charge in [0.25, 0.3) is 0 Å². The van der Waals surface area contributed by atoms with Crippen molar-refractivity contribution in [3.8, 4) is 0 Å². The van der Waals surface area contributed by atoms with Crippen LogP contribution in [0.15, 0.2) is 22.5 Å². The van der Waals surface area contributed by atoms with Gasteiger partial charge in [-0.2, -0.15) is 11.8 Å². The Labute approximate surface area is 130 Å². The van der Waals surface area contributed by atoms with Gasteiger partial charge >= 0.3 is 0 Å². The first-order valence-electron chi connectivity index (χ1n) is 7.41. The largest absolute Gasteiger partial charge is 0.357 e. The molecule has 20 heavy (non-hydrogen) atoms. The molecule has 1 aliphatic carbocycles. The Morgan fingerprint density at radius 1 is 1.50 bits per heavy atom. The summed E-state index contributed by atoms with van der Waals surface area (Å²) in [7, 11) is 0. The Balaban J connectivity index is 1.80. The second-order valence-corrected chi connectivity index (χ2v) is 7.27. The van der Waals surface area contributed by atoms with E-state index in [1.165, 1.54) is 24.1 Å². The summed E-state index contributed by atoms with van der Waals surface area (Å²) in [5.74, 6) is 0.982. The predicted octanol–water partition coefficient (Wildman–Crippen LogP) is 3.13. The number of rotatable bonds is 6. The minimum absolute atomic E-state index is 0.590. The molecule has 1 aromatic heterocycles. The predicted molar refractivity (Wildman–Crippen MR) is 92.1 cm³/mol. The molecule has 2 rings (SSSR count). The summed E-state index contributed by atoms with van der Waals surface area (Å²) in [4.78, 5) is 6.11. The van der Waals surface area contributed by atoms with Crippen LogP contribution < -0.4 is 10.6 Å². The van der Waals surface area contributed by atoms with Gasteiger partial charge in [-0.25, -0.2) is 0 Å². The molecule has 2 unspecified atom stereocenters. The lowest BCUT2D eigenvalue weighted by Crippen LogP contribution is -2.42. The maximum atomic E-state index is 4.70. The van der Waals surface area contributed by atoms with Gasteiger partial charge in [-0.1, -0.05) is 6.07 Å². The van der Waals surface area contributed by atoms with E-state index in [0.29, 0.717) is 6.04 Å². The number of thioether (sulfide) groups is 1. The van der Waals surface area contributed by atoms with Crippen LogP contribution in [0.5, 0.6) is 0 Å². The Bertz CT molecular complexity index is 403. The molecule has 0 amide bonds. The van der Waals surface area contributed by atoms with Gasteiger partial charge in [-0.05, 0) is 43.9 Å². The molecule has 1 heterocycles. The lowest BCUT2D eigenvalue weighted by Gasteiger charge is -2.17. The average molecular weight is 312 g/mol. The van der Waals surface area contributed by atoms with E-state index in [0.717, 1.165) is 30.7 Å². The highest BCUT2D eigenvalue weighted by Crippen LogP contribution is 2.27. The number of aliphatic imine (C=N–C) groups is 1. The zero-order valence-corrected chi connectivity index (χ0v) is 14.0. The van der Waals surface area contributed by atoms with E-state index in [2.05, 4.69) is 41.3 Å². The molecule has 0 saturated heterocycles. The molecule has 3 nitrogen and oxygen atoms in total. The van der Waals surface area contributed by atoms with Crippen molar-refractivity contribution in [2.45, 2.75) is 43.9 Å². The highest BCUT2D eigenvalue weighted by Gasteiger charge is 2.24. The summed E-state index contributed by atoms with van der Waals surface area (Å²) in [5, 5.41) is 9.90. The fourth-order valence-electron chi connectivity index (χ4n) is 2.53. The zero-order chi connectivity index (χ0) is 14.2. The SMILES string of the molecule is CCNC(=NCCc1cccs1)NC1CCC(SC)C1. The fourth-order valence-corrected chi connectivity index (χ4v) is 4.03. The van der Waals surface area contributed by atoms with Crippen molar-refractivity contribution in [2.75, 3.05) is 19.3 Å². The first-order valence-corrected chi connectivity index (χ1v) is 9.58. The van der Waals surface area contributed by atoms with Crippen molar-refractivity contribution in [1.82, 2.24) is 10.6 Å². The minimum Gasteiger partial charge on any atom is -0.357 e. The first kappa shape index (κ1) is 15.7. The zero-order valence-electron chi connectivity index (χ0n) is 12.4. The Morgan fingerprint density at radius 3 is 3.05 bits per heavy atom. The quantitative estimate of drug-likeness (QED) is 0.626. The summed E-state index contributed by atoms with van der Waals surface area (Å²) in [5.41, 5.74) is 0. The fraction of sp³-hybridized carbons (Fsp3) is 0.667. The molecule has 0 aromatic carbocycles. The Morgan fingerprint density at radius 2 is 2.40 bits per heavy atom. The van der Waals surface area contributed by atoms with Crippen LogP contribution in [0.3, 0.4) is 0 Å². The molecular formula is C15H25N3S2. The molecule has 2 atom stereocenters. The third kappa shape index (κ3) is 5.02. The van der Waals surface area contributed by atoms with Crippen molar-refractivity contribution in [3.05, 3.63) is 22.4 Å². The van der Waals surface area contributed by atoms with Gasteiger partial charge in [0.05, 0.1) is 0 Å². The van der Waals surface area contributed by atoms with Gasteiger partial charge in [0.2, 0.25) is 0 Å². The summed E-state index contributed by atoms with van der Waals surface area (Å²) in [6.07, 6.45) is 7.10. The van der Waals surface area contributed by atoms with E-state index in [4.69, 9.17) is 4.99 Å². The van der Waals surface area contributed by atoms with Gasteiger partial charge in [0.1, 0.15) is 0 Å². The second kappa shape index (κ2) is 8.57. The van der Waals surface area contributed by atoms with Crippen molar-refractivity contribution in [1.29, 1.82) is 0 Å². The topological polar surface area (TPSA) is 36.4 Å². The minimum atomic E-state index is 0.590. The Hall–Kier alpha value is -0.680. The molecule has 0 radical (unpaired) electrons. The number of thiophene rings is 1. The number of guanidine groups is 1. The summed E-state index contributed by atoms with van der Waals surface area (Å²) >= 11 is 3.81. The van der Waals surface area contributed by atoms with Crippen LogP contribution in [0.4, 0.5) is 0 Å². The molecule has 2 N–H and O–H groups in total. The molecule has 5 heteroatoms. The van der Waals surface area contributed by atoms with Crippen LogP contribution in [0.2, 0.25) is 0 Å². The van der Waals surface area contributed by atoms with E-state index in [-0.39, 0.29) is 0 Å². The third-order valence-corrected chi connectivity index (χ3v) is 5.64. The van der Waals surface area contributed by atoms with Crippen molar-refractivity contribution in [2.24, 2.45) is 4.99 Å². The van der Waals surface area contributed by atoms with Crippen molar-refractivity contribution < 1.29 is 0 Å². The van der Waals surface area contributed by atoms with Crippen molar-refractivity contribution >= 4 is 29.1 Å². The Kier molecular flexibility index (Phi) is 6.73. The summed E-state index contributed by atoms with van der Waals surface area (Å²) in [6, 6.07) is 4.88. The van der Waals surface area contributed by atoms with Crippen LogP contribution in [-0.2, 0) is 6.42 Å². The van der Waals surface area contributed by atoms with Gasteiger partial charge in [0.15, 0.2) is 5.96 Å². The van der Waals surface area contributed by atoms with Crippen molar-refractivity contribution in [3.63, 3.8) is 0 Å². The lowest BCUT2D eigenvalue weighted by atomic mass is 10.2.